The van der Waals surface area contributed by atoms with E-state index in [4.69, 9.17) is 4.12 Å². The third kappa shape index (κ3) is 6.03. The summed E-state index contributed by atoms with van der Waals surface area (Å²) in [7, 11) is -3.38. The molecule has 1 aromatic carbocycles. The predicted octanol–water partition coefficient (Wildman–Crippen LogP) is 0.429. The number of hydrogen-bond donors (Lipinski definition) is 0. The van der Waals surface area contributed by atoms with E-state index in [1.54, 1.807) is 0 Å². The van der Waals surface area contributed by atoms with Gasteiger partial charge in [0.25, 0.3) is 0 Å². The van der Waals surface area contributed by atoms with Crippen molar-refractivity contribution in [2.75, 3.05) is 0 Å². The Bertz CT molecular complexity index is 842. The summed E-state index contributed by atoms with van der Waals surface area (Å²) in [6.07, 6.45) is 9.45. The van der Waals surface area contributed by atoms with Gasteiger partial charge in [-0.15, -0.1) is 45.6 Å². The zero-order valence-corrected chi connectivity index (χ0v) is 23.8. The fourth-order valence-electron chi connectivity index (χ4n) is 3.85. The van der Waals surface area contributed by atoms with Gasteiger partial charge in [0.15, 0.2) is 8.32 Å². The SMILES string of the molecule is CC(C)=C1C(C2=CC([Si](C)(C)O[Si](C)(C)C)=CC2)=[C-]c2ccccc21.[Cl-].[Cl-].[Zr+3]. The molecule has 1 nitrogen and oxygen atoms in total. The van der Waals surface area contributed by atoms with Crippen LogP contribution in [0.5, 0.6) is 0 Å². The molecule has 149 valence electrons. The first kappa shape index (κ1) is 28.0. The molecule has 0 saturated carbocycles. The first-order valence-corrected chi connectivity index (χ1v) is 15.4. The van der Waals surface area contributed by atoms with E-state index in [1.165, 1.54) is 38.6 Å². The largest absolute Gasteiger partial charge is 3.00 e. The summed E-state index contributed by atoms with van der Waals surface area (Å²) in [5, 5.41) is 1.43. The maximum Gasteiger partial charge on any atom is 3.00 e. The van der Waals surface area contributed by atoms with Crippen molar-refractivity contribution >= 4 is 22.2 Å². The molecule has 0 bridgehead atoms. The Morgan fingerprint density at radius 1 is 1.00 bits per heavy atom. The third-order valence-electron chi connectivity index (χ3n) is 4.66. The first-order valence-electron chi connectivity index (χ1n) is 9.11. The molecule has 0 atom stereocenters. The molecule has 0 aromatic heterocycles. The van der Waals surface area contributed by atoms with Gasteiger partial charge in [0.1, 0.15) is 0 Å². The van der Waals surface area contributed by atoms with Gasteiger partial charge in [0.05, 0.1) is 0 Å². The van der Waals surface area contributed by atoms with E-state index in [-0.39, 0.29) is 51.0 Å². The second-order valence-electron chi connectivity index (χ2n) is 8.68. The number of fused-ring (bicyclic) bond motifs is 1. The van der Waals surface area contributed by atoms with Gasteiger partial charge >= 0.3 is 26.2 Å². The van der Waals surface area contributed by atoms with Crippen LogP contribution >= 0.6 is 0 Å². The molecule has 0 heterocycles. The number of hydrogen-bond acceptors (Lipinski definition) is 1. The Balaban J connectivity index is 0.00000243. The van der Waals surface area contributed by atoms with E-state index < -0.39 is 16.6 Å². The average Bonchev–Trinajstić information content (AvgIpc) is 3.09. The Morgan fingerprint density at radius 3 is 2.18 bits per heavy atom. The van der Waals surface area contributed by atoms with Crippen molar-refractivity contribution in [3.63, 3.8) is 0 Å². The Morgan fingerprint density at radius 2 is 1.61 bits per heavy atom. The summed E-state index contributed by atoms with van der Waals surface area (Å²) in [6, 6.07) is 8.61. The standard InChI is InChI=1S/C22H29OSi2.2ClH.Zr/c1-16(2)22-20-11-9-8-10-17(20)15-21(22)18-12-13-19(14-18)25(6,7)23-24(3,4)5;;;/h8-11,13-14H,12H2,1-7H3;2*1H;/q-1;;;+3/p-2. The maximum atomic E-state index is 6.58. The van der Waals surface area contributed by atoms with Gasteiger partial charge < -0.3 is 28.9 Å². The molecule has 0 N–H and O–H groups in total. The third-order valence-corrected chi connectivity index (χ3v) is 10.9. The average molecular weight is 528 g/mol. The fourth-order valence-corrected chi connectivity index (χ4v) is 11.6. The van der Waals surface area contributed by atoms with Crippen LogP contribution in [-0.4, -0.2) is 16.6 Å². The van der Waals surface area contributed by atoms with Gasteiger partial charge in [-0.1, -0.05) is 44.2 Å². The van der Waals surface area contributed by atoms with Gasteiger partial charge in [-0.05, 0) is 44.4 Å². The molecule has 0 spiro atoms. The van der Waals surface area contributed by atoms with E-state index in [1.807, 2.05) is 0 Å². The quantitative estimate of drug-likeness (QED) is 0.408. The van der Waals surface area contributed by atoms with E-state index >= 15 is 0 Å². The van der Waals surface area contributed by atoms with Crippen molar-refractivity contribution in [2.24, 2.45) is 0 Å². The molecular weight excluding hydrogens is 499 g/mol. The predicted molar refractivity (Wildman–Crippen MR) is 113 cm³/mol. The molecule has 0 saturated heterocycles. The molecule has 3 rings (SSSR count). The molecule has 0 amide bonds. The minimum Gasteiger partial charge on any atom is -1.00 e. The topological polar surface area (TPSA) is 9.23 Å². The molecule has 28 heavy (non-hydrogen) atoms. The molecule has 2 aliphatic carbocycles. The smallest absolute Gasteiger partial charge is 1.00 e. The second-order valence-corrected chi connectivity index (χ2v) is 17.3. The van der Waals surface area contributed by atoms with Crippen LogP contribution in [0.25, 0.3) is 5.57 Å². The molecule has 1 aromatic rings. The van der Waals surface area contributed by atoms with Crippen molar-refractivity contribution in [1.82, 2.24) is 0 Å². The summed E-state index contributed by atoms with van der Waals surface area (Å²) in [5.74, 6) is 0. The van der Waals surface area contributed by atoms with E-state index in [0.717, 1.165) is 6.42 Å². The van der Waals surface area contributed by atoms with Crippen LogP contribution in [0.4, 0.5) is 0 Å². The minimum absolute atomic E-state index is 0. The van der Waals surface area contributed by atoms with Crippen LogP contribution in [0.2, 0.25) is 32.7 Å². The Hall–Kier alpha value is 0.0369. The van der Waals surface area contributed by atoms with Crippen molar-refractivity contribution in [2.45, 2.75) is 53.0 Å². The Labute approximate surface area is 204 Å². The van der Waals surface area contributed by atoms with Crippen LogP contribution in [-0.2, 0) is 30.3 Å². The summed E-state index contributed by atoms with van der Waals surface area (Å²) >= 11 is 0. The van der Waals surface area contributed by atoms with Crippen molar-refractivity contribution in [3.05, 3.63) is 75.5 Å². The fraction of sp³-hybridized carbons (Fsp3) is 0.364. The van der Waals surface area contributed by atoms with Crippen molar-refractivity contribution in [3.8, 4) is 0 Å². The number of halogens is 2. The van der Waals surface area contributed by atoms with Gasteiger partial charge in [-0.25, -0.2) is 0 Å². The summed E-state index contributed by atoms with van der Waals surface area (Å²) < 4.78 is 6.58. The molecule has 0 unspecified atom stereocenters. The summed E-state index contributed by atoms with van der Waals surface area (Å²) in [6.45, 7) is 15.9. The zero-order chi connectivity index (χ0) is 18.4. The molecular formula is C22H29Cl2OSi2Zr. The van der Waals surface area contributed by atoms with Gasteiger partial charge in [-0.3, -0.25) is 0 Å². The number of rotatable bonds is 4. The van der Waals surface area contributed by atoms with Crippen molar-refractivity contribution < 1.29 is 55.1 Å². The summed E-state index contributed by atoms with van der Waals surface area (Å²) in [4.78, 5) is 0. The molecule has 2 aliphatic rings. The van der Waals surface area contributed by atoms with Crippen LogP contribution < -0.4 is 24.8 Å². The minimum atomic E-state index is -1.84. The van der Waals surface area contributed by atoms with Crippen LogP contribution in [0.15, 0.2) is 58.3 Å². The molecule has 0 fully saturated rings. The molecule has 1 radical (unpaired) electrons. The maximum absolute atomic E-state index is 6.58. The zero-order valence-electron chi connectivity index (χ0n) is 17.8. The first-order chi connectivity index (χ1) is 11.6. The van der Waals surface area contributed by atoms with E-state index in [0.29, 0.717) is 0 Å². The molecule has 0 aliphatic heterocycles. The van der Waals surface area contributed by atoms with Crippen LogP contribution in [0.1, 0.15) is 31.4 Å². The van der Waals surface area contributed by atoms with Crippen LogP contribution in [0, 0.1) is 6.08 Å². The molecule has 6 heteroatoms. The van der Waals surface area contributed by atoms with E-state index in [9.17, 15) is 0 Å². The van der Waals surface area contributed by atoms with Crippen LogP contribution in [0.3, 0.4) is 0 Å². The van der Waals surface area contributed by atoms with Gasteiger partial charge in [-0.2, -0.15) is 0 Å². The summed E-state index contributed by atoms with van der Waals surface area (Å²) in [5.41, 5.74) is 7.94. The monoisotopic (exact) mass is 525 g/mol. The number of allylic oxidation sites excluding steroid dienone is 7. The van der Waals surface area contributed by atoms with Gasteiger partial charge in [0, 0.05) is 0 Å². The normalized spacial score (nSPS) is 15.4. The Kier molecular flexibility index (Phi) is 10.4. The van der Waals surface area contributed by atoms with Crippen molar-refractivity contribution in [1.29, 1.82) is 0 Å². The van der Waals surface area contributed by atoms with Gasteiger partial charge in [0.2, 0.25) is 8.32 Å². The number of benzene rings is 1. The van der Waals surface area contributed by atoms with E-state index in [2.05, 4.69) is 89.1 Å². The second kappa shape index (κ2) is 10.4.